The normalized spacial score (nSPS) is 11.7. The molecule has 9 aromatic rings. The average molecular weight is 568 g/mol. The Morgan fingerprint density at radius 2 is 1.19 bits per heavy atom. The zero-order chi connectivity index (χ0) is 28.3. The minimum atomic E-state index is 0.888. The zero-order valence-corrected chi connectivity index (χ0v) is 24.0. The van der Waals surface area contributed by atoms with Gasteiger partial charge in [-0.1, -0.05) is 103 Å². The molecule has 0 aliphatic carbocycles. The van der Waals surface area contributed by atoms with Gasteiger partial charge in [-0.05, 0) is 70.4 Å². The van der Waals surface area contributed by atoms with E-state index in [1.807, 2.05) is 23.5 Å². The number of nitrogens with zero attached hydrogens (tertiary/aromatic N) is 1. The van der Waals surface area contributed by atoms with Crippen LogP contribution in [0.25, 0.3) is 64.0 Å². The molecule has 0 N–H and O–H groups in total. The van der Waals surface area contributed by atoms with Crippen molar-refractivity contribution in [1.82, 2.24) is 0 Å². The Hall–Kier alpha value is -5.38. The molecule has 9 rings (SSSR count). The Morgan fingerprint density at radius 1 is 0.465 bits per heavy atom. The molecule has 2 nitrogen and oxygen atoms in total. The number of hydrogen-bond acceptors (Lipinski definition) is 3. The molecule has 0 saturated heterocycles. The SMILES string of the molecule is c1ccc(N(c2ccc(-c3ccc4c(c3)sc3ccc5ccccc5c34)cc2)c2cccc3c2oc2ccccc23)cc1. The maximum Gasteiger partial charge on any atom is 0.159 e. The van der Waals surface area contributed by atoms with Crippen molar-refractivity contribution in [2.75, 3.05) is 4.90 Å². The van der Waals surface area contributed by atoms with Crippen molar-refractivity contribution >= 4 is 81.3 Å². The summed E-state index contributed by atoms with van der Waals surface area (Å²) in [5.74, 6) is 0. The summed E-state index contributed by atoms with van der Waals surface area (Å²) in [4.78, 5) is 2.29. The fourth-order valence-corrected chi connectivity index (χ4v) is 7.60. The molecule has 0 unspecified atom stereocenters. The van der Waals surface area contributed by atoms with Crippen LogP contribution >= 0.6 is 11.3 Å². The second-order valence-corrected chi connectivity index (χ2v) is 12.0. The van der Waals surface area contributed by atoms with Crippen LogP contribution < -0.4 is 4.90 Å². The maximum absolute atomic E-state index is 6.45. The molecule has 0 radical (unpaired) electrons. The molecule has 43 heavy (non-hydrogen) atoms. The monoisotopic (exact) mass is 567 g/mol. The van der Waals surface area contributed by atoms with Crippen LogP contribution in [0.5, 0.6) is 0 Å². The molecule has 7 aromatic carbocycles. The summed E-state index contributed by atoms with van der Waals surface area (Å²) in [6.07, 6.45) is 0. The highest BCUT2D eigenvalue weighted by molar-refractivity contribution is 7.26. The molecule has 0 spiro atoms. The summed E-state index contributed by atoms with van der Waals surface area (Å²) >= 11 is 1.87. The topological polar surface area (TPSA) is 16.4 Å². The van der Waals surface area contributed by atoms with Gasteiger partial charge in [0.05, 0.1) is 5.69 Å². The Labute approximate surface area is 252 Å². The lowest BCUT2D eigenvalue weighted by Gasteiger charge is -2.25. The predicted molar refractivity (Wildman–Crippen MR) is 184 cm³/mol. The second-order valence-electron chi connectivity index (χ2n) is 10.9. The molecule has 0 atom stereocenters. The van der Waals surface area contributed by atoms with Crippen molar-refractivity contribution in [2.45, 2.75) is 0 Å². The summed E-state index contributed by atoms with van der Waals surface area (Å²) in [5.41, 5.74) is 7.40. The van der Waals surface area contributed by atoms with Gasteiger partial charge < -0.3 is 9.32 Å². The number of fused-ring (bicyclic) bond motifs is 8. The number of rotatable bonds is 4. The number of para-hydroxylation sites is 3. The van der Waals surface area contributed by atoms with Crippen molar-refractivity contribution in [3.05, 3.63) is 152 Å². The van der Waals surface area contributed by atoms with Crippen LogP contribution in [0.1, 0.15) is 0 Å². The lowest BCUT2D eigenvalue weighted by Crippen LogP contribution is -2.10. The quantitative estimate of drug-likeness (QED) is 0.210. The first-order valence-electron chi connectivity index (χ1n) is 14.5. The molecule has 0 saturated carbocycles. The van der Waals surface area contributed by atoms with Gasteiger partial charge in [-0.2, -0.15) is 0 Å². The molecule has 3 heteroatoms. The van der Waals surface area contributed by atoms with Gasteiger partial charge >= 0.3 is 0 Å². The summed E-state index contributed by atoms with van der Waals surface area (Å²) < 4.78 is 9.10. The van der Waals surface area contributed by atoms with Crippen LogP contribution in [0.2, 0.25) is 0 Å². The maximum atomic E-state index is 6.45. The van der Waals surface area contributed by atoms with Crippen molar-refractivity contribution < 1.29 is 4.42 Å². The van der Waals surface area contributed by atoms with Crippen LogP contribution in [-0.4, -0.2) is 0 Å². The van der Waals surface area contributed by atoms with Gasteiger partial charge in [0.2, 0.25) is 0 Å². The van der Waals surface area contributed by atoms with Gasteiger partial charge in [0, 0.05) is 42.3 Å². The Balaban J connectivity index is 1.16. The van der Waals surface area contributed by atoms with E-state index in [9.17, 15) is 0 Å². The molecule has 0 aliphatic rings. The van der Waals surface area contributed by atoms with E-state index in [4.69, 9.17) is 4.42 Å². The molecular weight excluding hydrogens is 543 g/mol. The molecule has 0 fully saturated rings. The van der Waals surface area contributed by atoms with Gasteiger partial charge in [0.15, 0.2) is 5.58 Å². The van der Waals surface area contributed by atoms with Crippen LogP contribution in [0.4, 0.5) is 17.1 Å². The van der Waals surface area contributed by atoms with E-state index in [1.165, 1.54) is 42.1 Å². The van der Waals surface area contributed by atoms with Gasteiger partial charge in [-0.3, -0.25) is 0 Å². The van der Waals surface area contributed by atoms with E-state index in [2.05, 4.69) is 144 Å². The summed E-state index contributed by atoms with van der Waals surface area (Å²) in [5, 5.41) is 7.55. The van der Waals surface area contributed by atoms with E-state index in [-0.39, 0.29) is 0 Å². The third-order valence-electron chi connectivity index (χ3n) is 8.46. The predicted octanol–water partition coefficient (Wildman–Crippen LogP) is 12.2. The number of benzene rings is 7. The lowest BCUT2D eigenvalue weighted by molar-refractivity contribution is 0.669. The van der Waals surface area contributed by atoms with E-state index in [0.717, 1.165) is 39.0 Å². The third-order valence-corrected chi connectivity index (χ3v) is 9.58. The zero-order valence-electron chi connectivity index (χ0n) is 23.2. The molecule has 2 aromatic heterocycles. The van der Waals surface area contributed by atoms with Crippen LogP contribution in [-0.2, 0) is 0 Å². The fraction of sp³-hybridized carbons (Fsp3) is 0. The highest BCUT2D eigenvalue weighted by atomic mass is 32.1. The van der Waals surface area contributed by atoms with E-state index >= 15 is 0 Å². The number of furan rings is 1. The third kappa shape index (κ3) is 3.86. The van der Waals surface area contributed by atoms with Crippen molar-refractivity contribution in [3.8, 4) is 11.1 Å². The molecule has 0 amide bonds. The van der Waals surface area contributed by atoms with Gasteiger partial charge in [0.1, 0.15) is 5.58 Å². The first-order valence-corrected chi connectivity index (χ1v) is 15.3. The Bertz CT molecular complexity index is 2450. The first-order chi connectivity index (χ1) is 21.3. The summed E-state index contributed by atoms with van der Waals surface area (Å²) in [6, 6.07) is 54.1. The average Bonchev–Trinajstić information content (AvgIpc) is 3.64. The minimum absolute atomic E-state index is 0.888. The molecule has 202 valence electrons. The van der Waals surface area contributed by atoms with Crippen molar-refractivity contribution in [2.24, 2.45) is 0 Å². The van der Waals surface area contributed by atoms with Gasteiger partial charge in [-0.25, -0.2) is 0 Å². The van der Waals surface area contributed by atoms with E-state index in [0.29, 0.717) is 0 Å². The number of anilines is 3. The molecule has 0 aliphatic heterocycles. The highest BCUT2D eigenvalue weighted by Gasteiger charge is 2.19. The van der Waals surface area contributed by atoms with Gasteiger partial charge in [-0.15, -0.1) is 11.3 Å². The Kier molecular flexibility index (Phi) is 5.40. The van der Waals surface area contributed by atoms with Crippen molar-refractivity contribution in [3.63, 3.8) is 0 Å². The first kappa shape index (κ1) is 24.2. The van der Waals surface area contributed by atoms with Crippen LogP contribution in [0.3, 0.4) is 0 Å². The smallest absolute Gasteiger partial charge is 0.159 e. The lowest BCUT2D eigenvalue weighted by atomic mass is 10.0. The molecule has 0 bridgehead atoms. The second kappa shape index (κ2) is 9.59. The number of hydrogen-bond donors (Lipinski definition) is 0. The number of thiophene rings is 1. The van der Waals surface area contributed by atoms with Crippen LogP contribution in [0, 0.1) is 0 Å². The Morgan fingerprint density at radius 3 is 2.07 bits per heavy atom. The molecular formula is C40H25NOS. The molecule has 2 heterocycles. The fourth-order valence-electron chi connectivity index (χ4n) is 6.44. The summed E-state index contributed by atoms with van der Waals surface area (Å²) in [7, 11) is 0. The largest absolute Gasteiger partial charge is 0.454 e. The standard InChI is InChI=1S/C40H25NOS/c1-2-10-29(11-3-1)41(35-15-8-14-33-32-13-6-7-16-36(32)42-40(33)35)30-21-17-26(18-22-30)28-19-23-34-38(25-28)43-37-24-20-27-9-4-5-12-31(27)39(34)37/h1-25H. The van der Waals surface area contributed by atoms with E-state index < -0.39 is 0 Å². The van der Waals surface area contributed by atoms with Gasteiger partial charge in [0.25, 0.3) is 0 Å². The van der Waals surface area contributed by atoms with E-state index in [1.54, 1.807) is 0 Å². The minimum Gasteiger partial charge on any atom is -0.454 e. The summed E-state index contributed by atoms with van der Waals surface area (Å²) in [6.45, 7) is 0. The highest BCUT2D eigenvalue weighted by Crippen LogP contribution is 2.43. The van der Waals surface area contributed by atoms with Crippen LogP contribution in [0.15, 0.2) is 156 Å². The van der Waals surface area contributed by atoms with Crippen molar-refractivity contribution in [1.29, 1.82) is 0 Å².